The summed E-state index contributed by atoms with van der Waals surface area (Å²) in [6, 6.07) is 9.96. The topological polar surface area (TPSA) is 91.3 Å². The van der Waals surface area contributed by atoms with Gasteiger partial charge >= 0.3 is 5.97 Å². The molecular formula is C21H22O7. The highest BCUT2D eigenvalue weighted by Crippen LogP contribution is 2.32. The van der Waals surface area contributed by atoms with E-state index in [9.17, 15) is 9.59 Å². The molecular weight excluding hydrogens is 364 g/mol. The number of aliphatic carboxylic acids is 1. The molecule has 0 aliphatic rings. The summed E-state index contributed by atoms with van der Waals surface area (Å²) in [5.41, 5.74) is 1.07. The van der Waals surface area contributed by atoms with Crippen LogP contribution in [-0.2, 0) is 4.79 Å². The molecule has 0 bridgehead atoms. The van der Waals surface area contributed by atoms with Crippen LogP contribution in [0.5, 0.6) is 23.0 Å². The van der Waals surface area contributed by atoms with Crippen LogP contribution >= 0.6 is 0 Å². The van der Waals surface area contributed by atoms with Crippen molar-refractivity contribution < 1.29 is 33.6 Å². The summed E-state index contributed by atoms with van der Waals surface area (Å²) in [5.74, 6) is 0.304. The van der Waals surface area contributed by atoms with Crippen LogP contribution in [0, 0.1) is 0 Å². The van der Waals surface area contributed by atoms with Crippen molar-refractivity contribution in [3.8, 4) is 23.0 Å². The average molecular weight is 386 g/mol. The Morgan fingerprint density at radius 2 is 1.79 bits per heavy atom. The second-order valence-electron chi connectivity index (χ2n) is 5.56. The van der Waals surface area contributed by atoms with E-state index >= 15 is 0 Å². The molecule has 0 amide bonds. The number of carbonyl (C=O) groups is 2. The number of methoxy groups -OCH3 is 2. The van der Waals surface area contributed by atoms with E-state index in [0.29, 0.717) is 29.2 Å². The zero-order chi connectivity index (χ0) is 20.5. The minimum absolute atomic E-state index is 0.247. The van der Waals surface area contributed by atoms with Gasteiger partial charge < -0.3 is 24.1 Å². The molecule has 1 N–H and O–H groups in total. The van der Waals surface area contributed by atoms with Crippen molar-refractivity contribution in [1.82, 2.24) is 0 Å². The summed E-state index contributed by atoms with van der Waals surface area (Å²) in [4.78, 5) is 23.2. The summed E-state index contributed by atoms with van der Waals surface area (Å²) in [5, 5.41) is 8.71. The number of ketones is 1. The Hall–Kier alpha value is -3.48. The smallest absolute Gasteiger partial charge is 0.341 e. The highest BCUT2D eigenvalue weighted by molar-refractivity contribution is 6.07. The SMILES string of the molecule is CCOc1cccc(C=CC(=O)c2ccc(OCC(=O)O)c(OC)c2)c1OC. The number of para-hydroxylation sites is 1. The summed E-state index contributed by atoms with van der Waals surface area (Å²) in [6.45, 7) is 1.88. The number of benzene rings is 2. The molecule has 28 heavy (non-hydrogen) atoms. The average Bonchev–Trinajstić information content (AvgIpc) is 2.70. The lowest BCUT2D eigenvalue weighted by atomic mass is 10.1. The quantitative estimate of drug-likeness (QED) is 0.494. The van der Waals surface area contributed by atoms with Crippen LogP contribution in [0.3, 0.4) is 0 Å². The Bertz CT molecular complexity index is 871. The Morgan fingerprint density at radius 1 is 1.00 bits per heavy atom. The Kier molecular flexibility index (Phi) is 7.45. The van der Waals surface area contributed by atoms with Crippen molar-refractivity contribution >= 4 is 17.8 Å². The second-order valence-corrected chi connectivity index (χ2v) is 5.56. The number of allylic oxidation sites excluding steroid dienone is 1. The fraction of sp³-hybridized carbons (Fsp3) is 0.238. The maximum Gasteiger partial charge on any atom is 0.341 e. The van der Waals surface area contributed by atoms with Crippen molar-refractivity contribution in [2.24, 2.45) is 0 Å². The number of ether oxygens (including phenoxy) is 4. The van der Waals surface area contributed by atoms with Gasteiger partial charge in [0.1, 0.15) is 0 Å². The summed E-state index contributed by atoms with van der Waals surface area (Å²) in [7, 11) is 2.95. The summed E-state index contributed by atoms with van der Waals surface area (Å²) >= 11 is 0. The normalized spacial score (nSPS) is 10.5. The molecule has 0 aliphatic heterocycles. The maximum atomic E-state index is 12.5. The predicted octanol–water partition coefficient (Wildman–Crippen LogP) is 3.46. The first-order valence-electron chi connectivity index (χ1n) is 8.55. The largest absolute Gasteiger partial charge is 0.493 e. The van der Waals surface area contributed by atoms with Gasteiger partial charge in [0, 0.05) is 11.1 Å². The molecule has 2 rings (SSSR count). The lowest BCUT2D eigenvalue weighted by molar-refractivity contribution is -0.139. The van der Waals surface area contributed by atoms with E-state index in [1.165, 1.54) is 32.4 Å². The van der Waals surface area contributed by atoms with Crippen molar-refractivity contribution in [3.63, 3.8) is 0 Å². The van der Waals surface area contributed by atoms with Gasteiger partial charge in [0.05, 0.1) is 20.8 Å². The molecule has 0 saturated carbocycles. The molecule has 7 heteroatoms. The van der Waals surface area contributed by atoms with Crippen LogP contribution < -0.4 is 18.9 Å². The lowest BCUT2D eigenvalue weighted by Crippen LogP contribution is -2.10. The van der Waals surface area contributed by atoms with E-state index in [1.807, 2.05) is 19.1 Å². The third kappa shape index (κ3) is 5.26. The third-order valence-electron chi connectivity index (χ3n) is 3.73. The van der Waals surface area contributed by atoms with E-state index in [4.69, 9.17) is 24.1 Å². The zero-order valence-electron chi connectivity index (χ0n) is 15.9. The van der Waals surface area contributed by atoms with Crippen LogP contribution in [0.2, 0.25) is 0 Å². The predicted molar refractivity (Wildman–Crippen MR) is 104 cm³/mol. The third-order valence-corrected chi connectivity index (χ3v) is 3.73. The number of rotatable bonds is 10. The highest BCUT2D eigenvalue weighted by atomic mass is 16.5. The van der Waals surface area contributed by atoms with Gasteiger partial charge in [0.15, 0.2) is 35.4 Å². The fourth-order valence-corrected chi connectivity index (χ4v) is 2.49. The molecule has 2 aromatic carbocycles. The van der Waals surface area contributed by atoms with Crippen molar-refractivity contribution in [2.75, 3.05) is 27.4 Å². The Labute approximate surface area is 163 Å². The van der Waals surface area contributed by atoms with Crippen LogP contribution in [0.25, 0.3) is 6.08 Å². The first-order valence-corrected chi connectivity index (χ1v) is 8.55. The molecule has 0 fully saturated rings. The zero-order valence-corrected chi connectivity index (χ0v) is 15.9. The van der Waals surface area contributed by atoms with Crippen LogP contribution in [0.15, 0.2) is 42.5 Å². The molecule has 0 heterocycles. The molecule has 0 spiro atoms. The van der Waals surface area contributed by atoms with E-state index < -0.39 is 12.6 Å². The van der Waals surface area contributed by atoms with Crippen LogP contribution in [0.4, 0.5) is 0 Å². The molecule has 0 atom stereocenters. The monoisotopic (exact) mass is 386 g/mol. The molecule has 2 aromatic rings. The minimum atomic E-state index is -1.10. The number of hydrogen-bond donors (Lipinski definition) is 1. The number of carbonyl (C=O) groups excluding carboxylic acids is 1. The van der Waals surface area contributed by atoms with Gasteiger partial charge in [0.25, 0.3) is 0 Å². The van der Waals surface area contributed by atoms with E-state index in [-0.39, 0.29) is 17.3 Å². The number of carboxylic acids is 1. The number of carboxylic acid groups (broad SMARTS) is 1. The molecule has 0 aromatic heterocycles. The van der Waals surface area contributed by atoms with Gasteiger partial charge in [-0.25, -0.2) is 4.79 Å². The van der Waals surface area contributed by atoms with Gasteiger partial charge in [0.2, 0.25) is 0 Å². The van der Waals surface area contributed by atoms with Crippen LogP contribution in [0.1, 0.15) is 22.8 Å². The molecule has 0 saturated heterocycles. The van der Waals surface area contributed by atoms with Crippen molar-refractivity contribution in [2.45, 2.75) is 6.92 Å². The molecule has 148 valence electrons. The molecule has 0 radical (unpaired) electrons. The highest BCUT2D eigenvalue weighted by Gasteiger charge is 2.12. The van der Waals surface area contributed by atoms with Crippen molar-refractivity contribution in [3.05, 3.63) is 53.6 Å². The number of hydrogen-bond acceptors (Lipinski definition) is 6. The molecule has 0 aliphatic carbocycles. The maximum absolute atomic E-state index is 12.5. The fourth-order valence-electron chi connectivity index (χ4n) is 2.49. The van der Waals surface area contributed by atoms with E-state index in [0.717, 1.165) is 0 Å². The van der Waals surface area contributed by atoms with Gasteiger partial charge in [-0.3, -0.25) is 4.79 Å². The summed E-state index contributed by atoms with van der Waals surface area (Å²) in [6.07, 6.45) is 3.06. The van der Waals surface area contributed by atoms with E-state index in [1.54, 1.807) is 18.2 Å². The van der Waals surface area contributed by atoms with Crippen molar-refractivity contribution in [1.29, 1.82) is 0 Å². The Morgan fingerprint density at radius 3 is 2.43 bits per heavy atom. The standard InChI is InChI=1S/C21H22O7/c1-4-27-18-7-5-6-14(21(18)26-3)8-10-16(22)15-9-11-17(19(12-15)25-2)28-13-20(23)24/h5-12H,4,13H2,1-3H3,(H,23,24). The first-order chi connectivity index (χ1) is 13.5. The van der Waals surface area contributed by atoms with E-state index in [2.05, 4.69) is 0 Å². The van der Waals surface area contributed by atoms with Gasteiger partial charge in [-0.15, -0.1) is 0 Å². The van der Waals surface area contributed by atoms with Gasteiger partial charge in [-0.2, -0.15) is 0 Å². The summed E-state index contributed by atoms with van der Waals surface area (Å²) < 4.78 is 21.2. The Balaban J connectivity index is 2.23. The first kappa shape index (κ1) is 20.8. The second kappa shape index (κ2) is 10.0. The molecule has 7 nitrogen and oxygen atoms in total. The molecule has 0 unspecified atom stereocenters. The van der Waals surface area contributed by atoms with Gasteiger partial charge in [-0.1, -0.05) is 12.1 Å². The van der Waals surface area contributed by atoms with Crippen LogP contribution in [-0.4, -0.2) is 44.3 Å². The van der Waals surface area contributed by atoms with Gasteiger partial charge in [-0.05, 0) is 43.3 Å². The lowest BCUT2D eigenvalue weighted by Gasteiger charge is -2.11. The minimum Gasteiger partial charge on any atom is -0.493 e.